The van der Waals surface area contributed by atoms with Gasteiger partial charge in [0.05, 0.1) is 6.04 Å². The minimum atomic E-state index is -1.70. The van der Waals surface area contributed by atoms with Gasteiger partial charge in [0.15, 0.2) is 0 Å². The van der Waals surface area contributed by atoms with Gasteiger partial charge in [-0.1, -0.05) is 24.3 Å². The molecular formula is C33H41N5O14. The maximum atomic E-state index is 13.8. The summed E-state index contributed by atoms with van der Waals surface area (Å²) in [5.41, 5.74) is 6.67. The van der Waals surface area contributed by atoms with E-state index in [9.17, 15) is 58.8 Å². The monoisotopic (exact) mass is 731 g/mol. The lowest BCUT2D eigenvalue weighted by atomic mass is 10.0. The number of hydrogen-bond acceptors (Lipinski definition) is 11. The quantitative estimate of drug-likeness (QED) is 0.0679. The van der Waals surface area contributed by atoms with Crippen LogP contribution in [0.1, 0.15) is 49.7 Å². The molecule has 0 saturated heterocycles. The van der Waals surface area contributed by atoms with Crippen molar-refractivity contribution >= 4 is 47.5 Å². The van der Waals surface area contributed by atoms with E-state index in [4.69, 9.17) is 15.9 Å². The van der Waals surface area contributed by atoms with E-state index in [1.807, 2.05) is 0 Å². The number of phenols is 2. The molecule has 4 amide bonds. The second-order valence-corrected chi connectivity index (χ2v) is 11.7. The number of rotatable bonds is 22. The summed E-state index contributed by atoms with van der Waals surface area (Å²) < 4.78 is 0. The van der Waals surface area contributed by atoms with Crippen molar-refractivity contribution in [1.82, 2.24) is 21.3 Å². The van der Waals surface area contributed by atoms with Crippen LogP contribution in [0.4, 0.5) is 0 Å². The lowest BCUT2D eigenvalue weighted by Crippen LogP contribution is -2.59. The van der Waals surface area contributed by atoms with E-state index in [2.05, 4.69) is 21.3 Å². The molecule has 0 unspecified atom stereocenters. The summed E-state index contributed by atoms with van der Waals surface area (Å²) in [4.78, 5) is 98.6. The molecule has 0 saturated carbocycles. The average Bonchev–Trinajstić information content (AvgIpc) is 3.07. The second kappa shape index (κ2) is 20.4. The zero-order valence-corrected chi connectivity index (χ0v) is 27.7. The molecule has 0 aliphatic heterocycles. The summed E-state index contributed by atoms with van der Waals surface area (Å²) >= 11 is 0. The van der Waals surface area contributed by atoms with Gasteiger partial charge < -0.3 is 57.6 Å². The van der Waals surface area contributed by atoms with Crippen LogP contribution in [0.15, 0.2) is 48.5 Å². The highest BCUT2D eigenvalue weighted by Crippen LogP contribution is 2.14. The number of amides is 4. The molecule has 0 fully saturated rings. The molecule has 52 heavy (non-hydrogen) atoms. The molecule has 2 aromatic carbocycles. The van der Waals surface area contributed by atoms with Crippen LogP contribution in [0.2, 0.25) is 0 Å². The van der Waals surface area contributed by atoms with E-state index >= 15 is 0 Å². The van der Waals surface area contributed by atoms with Crippen molar-refractivity contribution in [2.45, 2.75) is 81.6 Å². The van der Waals surface area contributed by atoms with Crippen LogP contribution >= 0.6 is 0 Å². The predicted octanol–water partition coefficient (Wildman–Crippen LogP) is -1.17. The highest BCUT2D eigenvalue weighted by Gasteiger charge is 2.32. The van der Waals surface area contributed by atoms with Gasteiger partial charge in [0, 0.05) is 32.1 Å². The topological polar surface area (TPSA) is 332 Å². The third-order valence-electron chi connectivity index (χ3n) is 7.57. The van der Waals surface area contributed by atoms with Crippen LogP contribution < -0.4 is 27.0 Å². The van der Waals surface area contributed by atoms with Crippen LogP contribution in [0.25, 0.3) is 0 Å². The fourth-order valence-electron chi connectivity index (χ4n) is 4.72. The molecule has 5 atom stereocenters. The Morgan fingerprint density at radius 3 is 1.21 bits per heavy atom. The number of benzene rings is 2. The number of nitrogens with two attached hydrogens (primary N) is 1. The number of carbonyl (C=O) groups excluding carboxylic acids is 4. The van der Waals surface area contributed by atoms with Gasteiger partial charge in [0.1, 0.15) is 35.7 Å². The third-order valence-corrected chi connectivity index (χ3v) is 7.57. The van der Waals surface area contributed by atoms with Gasteiger partial charge in [-0.05, 0) is 54.7 Å². The van der Waals surface area contributed by atoms with E-state index in [0.29, 0.717) is 11.1 Å². The van der Waals surface area contributed by atoms with Crippen molar-refractivity contribution in [3.8, 4) is 11.5 Å². The van der Waals surface area contributed by atoms with Crippen LogP contribution in [-0.4, -0.2) is 108 Å². The normalized spacial score (nSPS) is 13.6. The van der Waals surface area contributed by atoms with Crippen molar-refractivity contribution in [2.24, 2.45) is 5.73 Å². The van der Waals surface area contributed by atoms with E-state index in [1.165, 1.54) is 48.5 Å². The molecule has 0 radical (unpaired) electrons. The Morgan fingerprint density at radius 2 is 0.808 bits per heavy atom. The van der Waals surface area contributed by atoms with Crippen molar-refractivity contribution < 1.29 is 69.0 Å². The molecule has 282 valence electrons. The van der Waals surface area contributed by atoms with Gasteiger partial charge in [0.2, 0.25) is 23.6 Å². The van der Waals surface area contributed by atoms with Crippen LogP contribution in [0, 0.1) is 0 Å². The largest absolute Gasteiger partial charge is 0.508 e. The number of hydrogen-bond donors (Lipinski definition) is 11. The van der Waals surface area contributed by atoms with Gasteiger partial charge >= 0.3 is 23.9 Å². The SMILES string of the molecule is N[C@@H](CCC(=O)O)C(=O)N[C@@H](Cc1ccc(O)cc1)C(=O)N[C@@H](Cc1ccc(O)cc1)C(=O)N[C@@H](CCC(=O)O)C(=O)N[C@@H](CCC(=O)O)C(=O)O. The molecule has 2 rings (SSSR count). The number of carbonyl (C=O) groups is 8. The summed E-state index contributed by atoms with van der Waals surface area (Å²) in [6.07, 6.45) is -3.54. The van der Waals surface area contributed by atoms with E-state index in [1.54, 1.807) is 0 Å². The Hall–Kier alpha value is -6.24. The van der Waals surface area contributed by atoms with Gasteiger partial charge in [-0.15, -0.1) is 0 Å². The number of aromatic hydroxyl groups is 2. The Bertz CT molecular complexity index is 1600. The number of nitrogens with one attached hydrogen (secondary N) is 4. The van der Waals surface area contributed by atoms with Crippen molar-refractivity contribution in [3.63, 3.8) is 0 Å². The molecule has 19 heteroatoms. The first kappa shape index (κ1) is 41.9. The summed E-state index contributed by atoms with van der Waals surface area (Å²) in [6.45, 7) is 0. The number of carboxylic acids is 4. The Morgan fingerprint density at radius 1 is 0.481 bits per heavy atom. The Kier molecular flexibility index (Phi) is 16.5. The summed E-state index contributed by atoms with van der Waals surface area (Å²) in [5.74, 6) is -9.73. The Balaban J connectivity index is 2.43. The maximum absolute atomic E-state index is 13.8. The van der Waals surface area contributed by atoms with Crippen LogP contribution in [0.3, 0.4) is 0 Å². The molecule has 2 aromatic rings. The first-order chi connectivity index (χ1) is 24.4. The number of aliphatic carboxylic acids is 4. The maximum Gasteiger partial charge on any atom is 0.326 e. The van der Waals surface area contributed by atoms with Crippen LogP contribution in [0.5, 0.6) is 11.5 Å². The lowest BCUT2D eigenvalue weighted by molar-refractivity contribution is -0.144. The number of carboxylic acid groups (broad SMARTS) is 4. The first-order valence-corrected chi connectivity index (χ1v) is 15.9. The zero-order chi connectivity index (χ0) is 39.0. The minimum absolute atomic E-state index is 0.0897. The molecule has 0 bridgehead atoms. The molecule has 0 aromatic heterocycles. The molecule has 19 nitrogen and oxygen atoms in total. The summed E-state index contributed by atoms with van der Waals surface area (Å²) in [7, 11) is 0. The second-order valence-electron chi connectivity index (χ2n) is 11.7. The van der Waals surface area contributed by atoms with Crippen LogP contribution in [-0.2, 0) is 51.2 Å². The average molecular weight is 732 g/mol. The fourth-order valence-corrected chi connectivity index (χ4v) is 4.72. The predicted molar refractivity (Wildman–Crippen MR) is 178 cm³/mol. The highest BCUT2D eigenvalue weighted by molar-refractivity contribution is 5.96. The third kappa shape index (κ3) is 15.1. The number of phenolic OH excluding ortho intramolecular Hbond substituents is 2. The highest BCUT2D eigenvalue weighted by atomic mass is 16.4. The molecule has 0 spiro atoms. The summed E-state index contributed by atoms with van der Waals surface area (Å²) in [6, 6.07) is 3.32. The van der Waals surface area contributed by atoms with E-state index < -0.39 is 110 Å². The van der Waals surface area contributed by atoms with Gasteiger partial charge in [0.25, 0.3) is 0 Å². The van der Waals surface area contributed by atoms with Crippen molar-refractivity contribution in [3.05, 3.63) is 59.7 Å². The zero-order valence-electron chi connectivity index (χ0n) is 27.7. The van der Waals surface area contributed by atoms with E-state index in [-0.39, 0.29) is 30.8 Å². The fraction of sp³-hybridized carbons (Fsp3) is 0.394. The first-order valence-electron chi connectivity index (χ1n) is 15.9. The molecular weight excluding hydrogens is 690 g/mol. The Labute approximate surface area is 296 Å². The smallest absolute Gasteiger partial charge is 0.326 e. The molecule has 12 N–H and O–H groups in total. The molecule has 0 aliphatic carbocycles. The summed E-state index contributed by atoms with van der Waals surface area (Å²) in [5, 5.41) is 65.4. The van der Waals surface area contributed by atoms with Gasteiger partial charge in [-0.25, -0.2) is 4.79 Å². The van der Waals surface area contributed by atoms with Crippen molar-refractivity contribution in [1.29, 1.82) is 0 Å². The standard InChI is InChI=1S/C33H41N5O14/c34-21(9-12-26(41)42)29(47)37-24(15-17-1-5-19(39)6-2-17)32(50)38-25(16-18-3-7-20(40)8-4-18)31(49)35-22(10-13-27(43)44)30(48)36-23(33(51)52)11-14-28(45)46/h1-8,21-25,39-40H,9-16,34H2,(H,35,49)(H,36,48)(H,37,47)(H,38,50)(H,41,42)(H,43,44)(H,45,46)(H,51,52)/t21-,22-,23-,24-,25-/m0/s1. The van der Waals surface area contributed by atoms with Crippen molar-refractivity contribution in [2.75, 3.05) is 0 Å². The molecule has 0 heterocycles. The van der Waals surface area contributed by atoms with E-state index in [0.717, 1.165) is 0 Å². The van der Waals surface area contributed by atoms with Gasteiger partial charge in [-0.3, -0.25) is 33.6 Å². The lowest BCUT2D eigenvalue weighted by Gasteiger charge is -2.26. The van der Waals surface area contributed by atoms with Gasteiger partial charge in [-0.2, -0.15) is 0 Å². The molecule has 0 aliphatic rings. The minimum Gasteiger partial charge on any atom is -0.508 e.